The third-order valence-corrected chi connectivity index (χ3v) is 6.80. The molecule has 0 saturated carbocycles. The monoisotopic (exact) mass is 387 g/mol. The van der Waals surface area contributed by atoms with E-state index in [2.05, 4.69) is 65.9 Å². The van der Waals surface area contributed by atoms with E-state index in [9.17, 15) is 0 Å². The predicted molar refractivity (Wildman–Crippen MR) is 118 cm³/mol. The van der Waals surface area contributed by atoms with Crippen LogP contribution in [-0.2, 0) is 11.3 Å². The van der Waals surface area contributed by atoms with Crippen molar-refractivity contribution in [1.82, 2.24) is 14.7 Å². The van der Waals surface area contributed by atoms with Crippen LogP contribution in [0.25, 0.3) is 0 Å². The van der Waals surface area contributed by atoms with Crippen LogP contribution in [0, 0.1) is 11.3 Å². The zero-order valence-corrected chi connectivity index (χ0v) is 18.6. The molecule has 2 saturated heterocycles. The van der Waals surface area contributed by atoms with Gasteiger partial charge in [-0.3, -0.25) is 9.80 Å². The molecule has 0 radical (unpaired) electrons. The zero-order chi connectivity index (χ0) is 20.0. The molecule has 3 rings (SSSR count). The van der Waals surface area contributed by atoms with Crippen molar-refractivity contribution in [3.63, 3.8) is 0 Å². The molecule has 0 bridgehead atoms. The van der Waals surface area contributed by atoms with Gasteiger partial charge in [-0.05, 0) is 50.9 Å². The Morgan fingerprint density at radius 3 is 2.54 bits per heavy atom. The van der Waals surface area contributed by atoms with Gasteiger partial charge in [0.25, 0.3) is 0 Å². The van der Waals surface area contributed by atoms with Gasteiger partial charge in [0.2, 0.25) is 0 Å². The number of hydrogen-bond donors (Lipinski definition) is 0. The van der Waals surface area contributed by atoms with Crippen molar-refractivity contribution in [3.8, 4) is 0 Å². The molecule has 2 aliphatic heterocycles. The van der Waals surface area contributed by atoms with E-state index in [1.54, 1.807) is 7.11 Å². The molecule has 1 spiro atoms. The summed E-state index contributed by atoms with van der Waals surface area (Å²) in [6.07, 6.45) is 3.98. The number of rotatable bonds is 11. The normalized spacial score (nSPS) is 20.9. The van der Waals surface area contributed by atoms with Crippen LogP contribution in [0.2, 0.25) is 0 Å². The first kappa shape index (κ1) is 21.8. The van der Waals surface area contributed by atoms with Crippen molar-refractivity contribution < 1.29 is 4.74 Å². The summed E-state index contributed by atoms with van der Waals surface area (Å²) in [5, 5.41) is 0. The van der Waals surface area contributed by atoms with Gasteiger partial charge in [0.15, 0.2) is 0 Å². The number of ether oxygens (including phenoxy) is 1. The molecule has 4 heteroatoms. The number of methoxy groups -OCH3 is 1. The summed E-state index contributed by atoms with van der Waals surface area (Å²) in [4.78, 5) is 7.85. The van der Waals surface area contributed by atoms with Crippen LogP contribution in [0.5, 0.6) is 0 Å². The van der Waals surface area contributed by atoms with Crippen LogP contribution in [0.3, 0.4) is 0 Å². The summed E-state index contributed by atoms with van der Waals surface area (Å²) in [6.45, 7) is 14.1. The van der Waals surface area contributed by atoms with Gasteiger partial charge in [-0.25, -0.2) is 0 Å². The van der Waals surface area contributed by atoms with Crippen molar-refractivity contribution in [2.45, 2.75) is 45.7 Å². The number of likely N-dealkylation sites (N-methyl/N-ethyl adjacent to an activating group) is 1. The summed E-state index contributed by atoms with van der Waals surface area (Å²) in [5.74, 6) is 0.739. The predicted octanol–water partition coefficient (Wildman–Crippen LogP) is 3.58. The van der Waals surface area contributed by atoms with Crippen molar-refractivity contribution in [2.75, 3.05) is 60.0 Å². The molecule has 2 heterocycles. The van der Waals surface area contributed by atoms with E-state index in [4.69, 9.17) is 4.74 Å². The van der Waals surface area contributed by atoms with Gasteiger partial charge >= 0.3 is 0 Å². The summed E-state index contributed by atoms with van der Waals surface area (Å²) >= 11 is 0. The van der Waals surface area contributed by atoms with E-state index in [1.807, 2.05) is 0 Å². The molecule has 0 amide bonds. The van der Waals surface area contributed by atoms with Gasteiger partial charge in [-0.2, -0.15) is 0 Å². The smallest absolute Gasteiger partial charge is 0.0589 e. The fourth-order valence-corrected chi connectivity index (χ4v) is 5.18. The van der Waals surface area contributed by atoms with E-state index >= 15 is 0 Å². The van der Waals surface area contributed by atoms with Crippen LogP contribution in [-0.4, -0.2) is 80.8 Å². The highest BCUT2D eigenvalue weighted by molar-refractivity contribution is 5.15. The minimum Gasteiger partial charge on any atom is -0.383 e. The van der Waals surface area contributed by atoms with E-state index in [1.165, 1.54) is 57.5 Å². The van der Waals surface area contributed by atoms with E-state index < -0.39 is 0 Å². The maximum Gasteiger partial charge on any atom is 0.0589 e. The Kier molecular flexibility index (Phi) is 7.93. The second kappa shape index (κ2) is 10.2. The number of benzene rings is 1. The molecule has 0 N–H and O–H groups in total. The lowest BCUT2D eigenvalue weighted by Gasteiger charge is -2.53. The Labute approximate surface area is 172 Å². The topological polar surface area (TPSA) is 19.0 Å². The first-order valence-corrected chi connectivity index (χ1v) is 11.2. The van der Waals surface area contributed by atoms with Gasteiger partial charge < -0.3 is 9.64 Å². The molecule has 28 heavy (non-hydrogen) atoms. The Morgan fingerprint density at radius 1 is 1.11 bits per heavy atom. The van der Waals surface area contributed by atoms with Crippen LogP contribution < -0.4 is 0 Å². The highest BCUT2D eigenvalue weighted by Crippen LogP contribution is 2.42. The molecule has 1 atom stereocenters. The van der Waals surface area contributed by atoms with E-state index in [0.29, 0.717) is 5.41 Å². The maximum atomic E-state index is 5.19. The quantitative estimate of drug-likeness (QED) is 0.578. The van der Waals surface area contributed by atoms with Crippen LogP contribution in [0.1, 0.15) is 38.7 Å². The lowest BCUT2D eigenvalue weighted by Crippen LogP contribution is -2.61. The molecule has 2 fully saturated rings. The minimum absolute atomic E-state index is 0.567. The van der Waals surface area contributed by atoms with Crippen molar-refractivity contribution in [3.05, 3.63) is 35.9 Å². The first-order valence-electron chi connectivity index (χ1n) is 11.2. The molecular formula is C24H41N3O. The van der Waals surface area contributed by atoms with Crippen molar-refractivity contribution in [1.29, 1.82) is 0 Å². The second-order valence-corrected chi connectivity index (χ2v) is 9.60. The van der Waals surface area contributed by atoms with Crippen molar-refractivity contribution in [2.24, 2.45) is 11.3 Å². The SMILES string of the molecule is COCCN(C)CCCC(C(C)C)N1CC2(CCN(Cc3ccccc3)C2)C1. The van der Waals surface area contributed by atoms with Gasteiger partial charge in [-0.1, -0.05) is 44.2 Å². The van der Waals surface area contributed by atoms with Crippen LogP contribution in [0.4, 0.5) is 0 Å². The largest absolute Gasteiger partial charge is 0.383 e. The number of nitrogens with zero attached hydrogens (tertiary/aromatic N) is 3. The zero-order valence-electron chi connectivity index (χ0n) is 18.6. The Balaban J connectivity index is 1.41. The summed E-state index contributed by atoms with van der Waals surface area (Å²) in [6, 6.07) is 11.7. The average molecular weight is 388 g/mol. The fraction of sp³-hybridized carbons (Fsp3) is 0.750. The molecular weight excluding hydrogens is 346 g/mol. The molecule has 158 valence electrons. The highest BCUT2D eigenvalue weighted by atomic mass is 16.5. The van der Waals surface area contributed by atoms with E-state index in [-0.39, 0.29) is 0 Å². The Bertz CT molecular complexity index is 570. The van der Waals surface area contributed by atoms with Gasteiger partial charge in [0, 0.05) is 51.3 Å². The van der Waals surface area contributed by atoms with Crippen LogP contribution >= 0.6 is 0 Å². The Hall–Kier alpha value is -0.940. The van der Waals surface area contributed by atoms with Crippen molar-refractivity contribution >= 4 is 0 Å². The minimum atomic E-state index is 0.567. The third-order valence-electron chi connectivity index (χ3n) is 6.80. The molecule has 2 aliphatic rings. The third kappa shape index (κ3) is 5.79. The number of hydrogen-bond acceptors (Lipinski definition) is 4. The summed E-state index contributed by atoms with van der Waals surface area (Å²) < 4.78 is 5.19. The molecule has 1 aromatic rings. The maximum absolute atomic E-state index is 5.19. The Morgan fingerprint density at radius 2 is 1.86 bits per heavy atom. The molecule has 0 aromatic heterocycles. The average Bonchev–Trinajstić information content (AvgIpc) is 3.07. The fourth-order valence-electron chi connectivity index (χ4n) is 5.18. The summed E-state index contributed by atoms with van der Waals surface area (Å²) in [5.41, 5.74) is 2.02. The van der Waals surface area contributed by atoms with Gasteiger partial charge in [-0.15, -0.1) is 0 Å². The van der Waals surface area contributed by atoms with E-state index in [0.717, 1.165) is 31.7 Å². The second-order valence-electron chi connectivity index (χ2n) is 9.60. The van der Waals surface area contributed by atoms with Crippen LogP contribution in [0.15, 0.2) is 30.3 Å². The standard InChI is InChI=1S/C24H41N3O/c1-21(2)23(11-8-13-25(3)15-16-28-4)27-19-24(20-27)12-14-26(18-24)17-22-9-6-5-7-10-22/h5-7,9-10,21,23H,8,11-20H2,1-4H3. The number of likely N-dealkylation sites (tertiary alicyclic amines) is 2. The lowest BCUT2D eigenvalue weighted by atomic mass is 9.76. The van der Waals surface area contributed by atoms with Gasteiger partial charge in [0.1, 0.15) is 0 Å². The molecule has 0 aliphatic carbocycles. The molecule has 1 unspecified atom stereocenters. The highest BCUT2D eigenvalue weighted by Gasteiger charge is 2.49. The van der Waals surface area contributed by atoms with Gasteiger partial charge in [0.05, 0.1) is 6.61 Å². The first-order chi connectivity index (χ1) is 13.5. The summed E-state index contributed by atoms with van der Waals surface area (Å²) in [7, 11) is 3.99. The molecule has 1 aromatic carbocycles. The lowest BCUT2D eigenvalue weighted by molar-refractivity contribution is -0.0414. The molecule has 4 nitrogen and oxygen atoms in total.